The van der Waals surface area contributed by atoms with Crippen molar-refractivity contribution in [1.29, 1.82) is 0 Å². The van der Waals surface area contributed by atoms with Gasteiger partial charge in [0.15, 0.2) is 0 Å². The first-order valence-electron chi connectivity index (χ1n) is 5.19. The Morgan fingerprint density at radius 3 is 1.17 bits per heavy atom. The monoisotopic (exact) mass is 175 g/mol. The fourth-order valence-electron chi connectivity index (χ4n) is 0. The molecule has 0 aromatic carbocycles. The van der Waals surface area contributed by atoms with E-state index >= 15 is 0 Å². The Morgan fingerprint density at radius 1 is 1.00 bits per heavy atom. The van der Waals surface area contributed by atoms with E-state index in [-0.39, 0.29) is 0 Å². The number of hydrogen-bond donors (Lipinski definition) is 0. The molecule has 0 radical (unpaired) electrons. The van der Waals surface area contributed by atoms with Crippen molar-refractivity contribution in [2.75, 3.05) is 20.6 Å². The normalized spacial score (nSPS) is 8.50. The van der Waals surface area contributed by atoms with Crippen molar-refractivity contribution >= 4 is 0 Å². The van der Waals surface area contributed by atoms with Gasteiger partial charge in [-0.15, -0.1) is 0 Å². The first-order chi connectivity index (χ1) is 5.54. The van der Waals surface area contributed by atoms with Crippen molar-refractivity contribution < 1.29 is 0 Å². The molecule has 0 aromatic rings. The van der Waals surface area contributed by atoms with Crippen molar-refractivity contribution in [3.8, 4) is 0 Å². The zero-order chi connectivity index (χ0) is 10.6. The third-order valence-electron chi connectivity index (χ3n) is 1.45. The highest BCUT2D eigenvalue weighted by molar-refractivity contribution is 4.32. The molecule has 0 atom stereocenters. The lowest BCUT2D eigenvalue weighted by atomic mass is 10.2. The van der Waals surface area contributed by atoms with E-state index in [4.69, 9.17) is 0 Å². The summed E-state index contributed by atoms with van der Waals surface area (Å²) in [6, 6.07) is 0. The highest BCUT2D eigenvalue weighted by Gasteiger charge is 1.80. The predicted molar refractivity (Wildman–Crippen MR) is 60.7 cm³/mol. The Labute approximate surface area is 80.2 Å². The van der Waals surface area contributed by atoms with E-state index in [1.807, 2.05) is 13.8 Å². The molecule has 0 amide bonds. The summed E-state index contributed by atoms with van der Waals surface area (Å²) < 4.78 is 0. The summed E-state index contributed by atoms with van der Waals surface area (Å²) in [5.74, 6) is 0.884. The molecule has 0 rings (SSSR count). The standard InChI is InChI=1S/C5H12.C4H11N.C2H6/c2*1-4-5(2)3;1-2/h5H,4H2,1-3H3;4H2,1-3H3;1-2H3. The largest absolute Gasteiger partial charge is 0.310 e. The van der Waals surface area contributed by atoms with Crippen LogP contribution in [-0.4, -0.2) is 25.5 Å². The lowest BCUT2D eigenvalue weighted by molar-refractivity contribution is 0.434. The molecule has 0 aromatic heterocycles. The molecule has 0 aliphatic rings. The highest BCUT2D eigenvalue weighted by atomic mass is 15.0. The van der Waals surface area contributed by atoms with Crippen LogP contribution in [-0.2, 0) is 0 Å². The van der Waals surface area contributed by atoms with Gasteiger partial charge in [-0.1, -0.05) is 48.0 Å². The second-order valence-corrected chi connectivity index (χ2v) is 3.20. The fraction of sp³-hybridized carbons (Fsp3) is 1.00. The molecule has 0 N–H and O–H groups in total. The zero-order valence-electron chi connectivity index (χ0n) is 10.4. The van der Waals surface area contributed by atoms with E-state index in [1.54, 1.807) is 0 Å². The maximum atomic E-state index is 2.22. The summed E-state index contributed by atoms with van der Waals surface area (Å²) in [4.78, 5) is 2.12. The van der Waals surface area contributed by atoms with Crippen LogP contribution >= 0.6 is 0 Å². The van der Waals surface area contributed by atoms with E-state index in [9.17, 15) is 0 Å². The number of nitrogens with zero attached hydrogens (tertiary/aromatic N) is 1. The maximum absolute atomic E-state index is 2.22. The Hall–Kier alpha value is -0.0400. The zero-order valence-corrected chi connectivity index (χ0v) is 10.4. The van der Waals surface area contributed by atoms with Gasteiger partial charge in [-0.3, -0.25) is 0 Å². The average molecular weight is 175 g/mol. The van der Waals surface area contributed by atoms with E-state index in [0.717, 1.165) is 12.5 Å². The van der Waals surface area contributed by atoms with Gasteiger partial charge in [-0.25, -0.2) is 0 Å². The lowest BCUT2D eigenvalue weighted by Crippen LogP contribution is -2.08. The molecule has 0 bridgehead atoms. The van der Waals surface area contributed by atoms with Crippen LogP contribution in [0.4, 0.5) is 0 Å². The molecule has 0 saturated heterocycles. The summed E-state index contributed by atoms with van der Waals surface area (Å²) in [7, 11) is 4.11. The van der Waals surface area contributed by atoms with Gasteiger partial charge in [0.1, 0.15) is 0 Å². The van der Waals surface area contributed by atoms with E-state index < -0.39 is 0 Å². The molecule has 0 saturated carbocycles. The van der Waals surface area contributed by atoms with Crippen molar-refractivity contribution in [1.82, 2.24) is 4.90 Å². The van der Waals surface area contributed by atoms with Gasteiger partial charge in [0, 0.05) is 0 Å². The number of rotatable bonds is 2. The number of hydrogen-bond acceptors (Lipinski definition) is 1. The molecule has 0 aliphatic heterocycles. The van der Waals surface area contributed by atoms with Gasteiger partial charge in [0.25, 0.3) is 0 Å². The van der Waals surface area contributed by atoms with Crippen LogP contribution in [0.15, 0.2) is 0 Å². The fourth-order valence-corrected chi connectivity index (χ4v) is 0. The van der Waals surface area contributed by atoms with Crippen LogP contribution in [0, 0.1) is 5.92 Å². The van der Waals surface area contributed by atoms with Gasteiger partial charge in [-0.2, -0.15) is 0 Å². The van der Waals surface area contributed by atoms with Gasteiger partial charge < -0.3 is 4.90 Å². The Kier molecular flexibility index (Phi) is 25.6. The summed E-state index contributed by atoms with van der Waals surface area (Å²) >= 11 is 0. The second kappa shape index (κ2) is 17.2. The van der Waals surface area contributed by atoms with Crippen LogP contribution in [0.1, 0.15) is 48.0 Å². The molecule has 0 aliphatic carbocycles. The molecule has 1 heteroatoms. The van der Waals surface area contributed by atoms with Gasteiger partial charge in [0.2, 0.25) is 0 Å². The molecule has 78 valence electrons. The quantitative estimate of drug-likeness (QED) is 0.619. The van der Waals surface area contributed by atoms with Crippen LogP contribution < -0.4 is 0 Å². The summed E-state index contributed by atoms with van der Waals surface area (Å²) in [6.07, 6.45) is 1.31. The first kappa shape index (κ1) is 17.9. The van der Waals surface area contributed by atoms with Crippen LogP contribution in [0.25, 0.3) is 0 Å². The van der Waals surface area contributed by atoms with Crippen molar-refractivity contribution in [3.63, 3.8) is 0 Å². The minimum Gasteiger partial charge on any atom is -0.310 e. The van der Waals surface area contributed by atoms with E-state index in [1.165, 1.54) is 6.42 Å². The summed E-state index contributed by atoms with van der Waals surface area (Å²) in [5.41, 5.74) is 0. The minimum absolute atomic E-state index is 0.884. The summed E-state index contributed by atoms with van der Waals surface area (Å²) in [5, 5.41) is 0. The van der Waals surface area contributed by atoms with Crippen molar-refractivity contribution in [2.45, 2.75) is 48.0 Å². The molecule has 1 nitrogen and oxygen atoms in total. The Balaban J connectivity index is -0.000000112. The van der Waals surface area contributed by atoms with Gasteiger partial charge in [-0.05, 0) is 26.6 Å². The third kappa shape index (κ3) is 51.0. The highest BCUT2D eigenvalue weighted by Crippen LogP contribution is 1.93. The van der Waals surface area contributed by atoms with Crippen molar-refractivity contribution in [2.24, 2.45) is 5.92 Å². The molecule has 0 spiro atoms. The van der Waals surface area contributed by atoms with Crippen LogP contribution in [0.2, 0.25) is 0 Å². The Morgan fingerprint density at radius 2 is 1.17 bits per heavy atom. The molecule has 0 fully saturated rings. The van der Waals surface area contributed by atoms with E-state index in [2.05, 4.69) is 46.7 Å². The second-order valence-electron chi connectivity index (χ2n) is 3.20. The Bertz CT molecular complexity index is 41.0. The first-order valence-corrected chi connectivity index (χ1v) is 5.19. The van der Waals surface area contributed by atoms with E-state index in [0.29, 0.717) is 0 Å². The molecule has 0 heterocycles. The third-order valence-corrected chi connectivity index (χ3v) is 1.45. The van der Waals surface area contributed by atoms with Gasteiger partial charge >= 0.3 is 0 Å². The minimum atomic E-state index is 0.884. The average Bonchev–Trinajstić information content (AvgIpc) is 2.09. The molecule has 0 unspecified atom stereocenters. The van der Waals surface area contributed by atoms with Crippen LogP contribution in [0.5, 0.6) is 0 Å². The SMILES string of the molecule is CC.CCC(C)C.CCN(C)C. The summed E-state index contributed by atoms with van der Waals surface area (Å²) in [6.45, 7) is 13.9. The molecular formula is C11H29N. The smallest absolute Gasteiger partial charge is 0.00533 e. The molecule has 12 heavy (non-hydrogen) atoms. The maximum Gasteiger partial charge on any atom is -0.00533 e. The van der Waals surface area contributed by atoms with Crippen molar-refractivity contribution in [3.05, 3.63) is 0 Å². The lowest BCUT2D eigenvalue weighted by Gasteiger charge is -2.00. The topological polar surface area (TPSA) is 3.24 Å². The molecular weight excluding hydrogens is 146 g/mol. The van der Waals surface area contributed by atoms with Gasteiger partial charge in [0.05, 0.1) is 0 Å². The van der Waals surface area contributed by atoms with Crippen LogP contribution in [0.3, 0.4) is 0 Å². The predicted octanol–water partition coefficient (Wildman–Crippen LogP) is 3.65.